The van der Waals surface area contributed by atoms with Crippen LogP contribution < -0.4 is 0 Å². The molecule has 3 aromatic carbocycles. The Labute approximate surface area is 207 Å². The lowest BCUT2D eigenvalue weighted by Crippen LogP contribution is -2.31. The molecule has 0 radical (unpaired) electrons. The Morgan fingerprint density at radius 2 is 1.56 bits per heavy atom. The monoisotopic (exact) mass is 502 g/mol. The molecule has 4 rings (SSSR count). The molecule has 0 N–H and O–H groups in total. The summed E-state index contributed by atoms with van der Waals surface area (Å²) in [7, 11) is 0. The standard InChI is InChI=1S/C29H27F5O2/c1-3-17-5-6-19(15-25(17)30)22-13-14-24(29(34)27(22)32)23-12-8-18(26(31)28(23)33)7-9-20-10-11-21(16-36-20)35-4-2/h3,5-6,8,12-15,20-21H,1,4,7,9-11,16H2,2H3. The van der Waals surface area contributed by atoms with Gasteiger partial charge in [0.15, 0.2) is 23.3 Å². The number of hydrogen-bond donors (Lipinski definition) is 0. The van der Waals surface area contributed by atoms with E-state index in [2.05, 4.69) is 6.58 Å². The summed E-state index contributed by atoms with van der Waals surface area (Å²) < 4.78 is 85.1. The van der Waals surface area contributed by atoms with Gasteiger partial charge in [-0.2, -0.15) is 0 Å². The van der Waals surface area contributed by atoms with Gasteiger partial charge in [0.25, 0.3) is 0 Å². The minimum Gasteiger partial charge on any atom is -0.376 e. The second-order valence-electron chi connectivity index (χ2n) is 8.78. The maximum absolute atomic E-state index is 15.0. The number of benzene rings is 3. The van der Waals surface area contributed by atoms with Crippen molar-refractivity contribution in [1.82, 2.24) is 0 Å². The molecule has 1 heterocycles. The van der Waals surface area contributed by atoms with Gasteiger partial charge in [0.1, 0.15) is 5.82 Å². The van der Waals surface area contributed by atoms with Crippen molar-refractivity contribution in [3.05, 3.63) is 89.3 Å². The van der Waals surface area contributed by atoms with Crippen molar-refractivity contribution in [2.75, 3.05) is 13.2 Å². The third-order valence-corrected chi connectivity index (χ3v) is 6.53. The summed E-state index contributed by atoms with van der Waals surface area (Å²) >= 11 is 0. The molecular formula is C29H27F5O2. The van der Waals surface area contributed by atoms with Crippen LogP contribution in [0, 0.1) is 29.1 Å². The summed E-state index contributed by atoms with van der Waals surface area (Å²) in [6, 6.07) is 8.90. The molecule has 0 aliphatic carbocycles. The smallest absolute Gasteiger partial charge is 0.167 e. The Morgan fingerprint density at radius 1 is 0.889 bits per heavy atom. The predicted octanol–water partition coefficient (Wildman–Crippen LogP) is 7.88. The molecule has 2 nitrogen and oxygen atoms in total. The van der Waals surface area contributed by atoms with Gasteiger partial charge >= 0.3 is 0 Å². The van der Waals surface area contributed by atoms with Crippen molar-refractivity contribution >= 4 is 6.08 Å². The van der Waals surface area contributed by atoms with Crippen LogP contribution in [0.15, 0.2) is 49.0 Å². The molecule has 0 bridgehead atoms. The van der Waals surface area contributed by atoms with Crippen molar-refractivity contribution in [2.45, 2.75) is 44.8 Å². The molecule has 1 fully saturated rings. The Kier molecular flexibility index (Phi) is 8.21. The molecular weight excluding hydrogens is 475 g/mol. The average molecular weight is 503 g/mol. The quantitative estimate of drug-likeness (QED) is 0.292. The summed E-state index contributed by atoms with van der Waals surface area (Å²) in [5.74, 6) is -5.60. The minimum absolute atomic E-state index is 0.0620. The third kappa shape index (κ3) is 5.37. The first-order valence-corrected chi connectivity index (χ1v) is 11.9. The van der Waals surface area contributed by atoms with E-state index in [1.807, 2.05) is 6.92 Å². The Balaban J connectivity index is 1.53. The van der Waals surface area contributed by atoms with Crippen LogP contribution in [0.1, 0.15) is 37.3 Å². The van der Waals surface area contributed by atoms with E-state index >= 15 is 0 Å². The lowest BCUT2D eigenvalue weighted by Gasteiger charge is -2.29. The van der Waals surface area contributed by atoms with Gasteiger partial charge in [0, 0.05) is 28.9 Å². The molecule has 1 aliphatic heterocycles. The summed E-state index contributed by atoms with van der Waals surface area (Å²) in [4.78, 5) is 0. The molecule has 0 spiro atoms. The van der Waals surface area contributed by atoms with Crippen LogP contribution in [0.5, 0.6) is 0 Å². The summed E-state index contributed by atoms with van der Waals surface area (Å²) in [5.41, 5.74) is -0.524. The van der Waals surface area contributed by atoms with Crippen LogP contribution in [0.3, 0.4) is 0 Å². The van der Waals surface area contributed by atoms with Crippen LogP contribution in [-0.2, 0) is 15.9 Å². The highest BCUT2D eigenvalue weighted by Crippen LogP contribution is 2.35. The van der Waals surface area contributed by atoms with Gasteiger partial charge in [-0.3, -0.25) is 0 Å². The molecule has 36 heavy (non-hydrogen) atoms. The number of halogens is 5. The number of hydrogen-bond acceptors (Lipinski definition) is 2. The highest BCUT2D eigenvalue weighted by atomic mass is 19.2. The van der Waals surface area contributed by atoms with Crippen LogP contribution in [0.25, 0.3) is 28.3 Å². The fourth-order valence-corrected chi connectivity index (χ4v) is 4.52. The summed E-state index contributed by atoms with van der Waals surface area (Å²) in [6.45, 7) is 6.49. The van der Waals surface area contributed by atoms with E-state index in [0.29, 0.717) is 19.6 Å². The Hall–Kier alpha value is -3.03. The van der Waals surface area contributed by atoms with Gasteiger partial charge in [-0.1, -0.05) is 49.1 Å². The van der Waals surface area contributed by atoms with Gasteiger partial charge in [-0.15, -0.1) is 0 Å². The van der Waals surface area contributed by atoms with E-state index in [1.54, 1.807) is 0 Å². The van der Waals surface area contributed by atoms with Gasteiger partial charge < -0.3 is 9.47 Å². The van der Waals surface area contributed by atoms with E-state index in [4.69, 9.17) is 9.47 Å². The lowest BCUT2D eigenvalue weighted by atomic mass is 9.95. The maximum Gasteiger partial charge on any atom is 0.167 e. The lowest BCUT2D eigenvalue weighted by molar-refractivity contribution is -0.0843. The first kappa shape index (κ1) is 26.0. The number of aryl methyl sites for hydroxylation is 1. The fraction of sp³-hybridized carbons (Fsp3) is 0.310. The molecule has 2 unspecified atom stereocenters. The highest BCUT2D eigenvalue weighted by molar-refractivity contribution is 5.73. The molecule has 7 heteroatoms. The van der Waals surface area contributed by atoms with E-state index in [-0.39, 0.29) is 46.4 Å². The SMILES string of the molecule is C=Cc1ccc(-c2ccc(-c3ccc(CCC4CCC(OCC)CO4)c(F)c3F)c(F)c2F)cc1F. The van der Waals surface area contributed by atoms with Crippen molar-refractivity contribution in [3.63, 3.8) is 0 Å². The van der Waals surface area contributed by atoms with Gasteiger partial charge in [0.05, 0.1) is 18.8 Å². The zero-order chi connectivity index (χ0) is 25.8. The predicted molar refractivity (Wildman–Crippen MR) is 130 cm³/mol. The summed E-state index contributed by atoms with van der Waals surface area (Å²) in [6.07, 6.45) is 3.66. The first-order chi connectivity index (χ1) is 17.3. The molecule has 1 saturated heterocycles. The normalized spacial score (nSPS) is 17.8. The second kappa shape index (κ2) is 11.4. The van der Waals surface area contributed by atoms with Crippen molar-refractivity contribution in [1.29, 1.82) is 0 Å². The Bertz CT molecular complexity index is 1250. The zero-order valence-electron chi connectivity index (χ0n) is 19.9. The molecule has 0 aromatic heterocycles. The molecule has 1 aliphatic rings. The molecule has 3 aromatic rings. The molecule has 0 saturated carbocycles. The van der Waals surface area contributed by atoms with Crippen molar-refractivity contribution < 1.29 is 31.4 Å². The van der Waals surface area contributed by atoms with E-state index < -0.39 is 34.6 Å². The molecule has 0 amide bonds. The number of rotatable bonds is 8. The number of ether oxygens (including phenoxy) is 2. The average Bonchev–Trinajstić information content (AvgIpc) is 2.88. The zero-order valence-corrected chi connectivity index (χ0v) is 19.9. The summed E-state index contributed by atoms with van der Waals surface area (Å²) in [5, 5.41) is 0. The van der Waals surface area contributed by atoms with Gasteiger partial charge in [0.2, 0.25) is 0 Å². The fourth-order valence-electron chi connectivity index (χ4n) is 4.52. The Morgan fingerprint density at radius 3 is 2.19 bits per heavy atom. The molecule has 2 atom stereocenters. The largest absolute Gasteiger partial charge is 0.376 e. The van der Waals surface area contributed by atoms with Gasteiger partial charge in [-0.25, -0.2) is 22.0 Å². The second-order valence-corrected chi connectivity index (χ2v) is 8.78. The van der Waals surface area contributed by atoms with Crippen molar-refractivity contribution in [2.24, 2.45) is 0 Å². The van der Waals surface area contributed by atoms with Crippen LogP contribution in [0.2, 0.25) is 0 Å². The van der Waals surface area contributed by atoms with Crippen molar-refractivity contribution in [3.8, 4) is 22.3 Å². The van der Waals surface area contributed by atoms with Gasteiger partial charge in [-0.05, 0) is 49.8 Å². The molecule has 190 valence electrons. The first-order valence-electron chi connectivity index (χ1n) is 11.9. The minimum atomic E-state index is -1.34. The van der Waals surface area contributed by atoms with E-state index in [0.717, 1.165) is 25.0 Å². The van der Waals surface area contributed by atoms with E-state index in [9.17, 15) is 22.0 Å². The highest BCUT2D eigenvalue weighted by Gasteiger charge is 2.24. The van der Waals surface area contributed by atoms with Crippen LogP contribution in [0.4, 0.5) is 22.0 Å². The topological polar surface area (TPSA) is 18.5 Å². The maximum atomic E-state index is 15.0. The van der Waals surface area contributed by atoms with Crippen LogP contribution in [-0.4, -0.2) is 25.4 Å². The van der Waals surface area contributed by atoms with E-state index in [1.165, 1.54) is 36.4 Å². The van der Waals surface area contributed by atoms with Crippen LogP contribution >= 0.6 is 0 Å². The third-order valence-electron chi connectivity index (χ3n) is 6.53.